The largest absolute Gasteiger partial charge is 0.461 e. The molecule has 1 aliphatic heterocycles. The number of alkyl halides is 3. The van der Waals surface area contributed by atoms with Crippen LogP contribution in [0.25, 0.3) is 22.0 Å². The van der Waals surface area contributed by atoms with E-state index in [9.17, 15) is 18.0 Å². The minimum absolute atomic E-state index is 0.164. The highest BCUT2D eigenvalue weighted by atomic mass is 32.1. The number of rotatable bonds is 4. The number of nitrogens with one attached hydrogen (secondary N) is 1. The lowest BCUT2D eigenvalue weighted by Crippen LogP contribution is -2.35. The second kappa shape index (κ2) is 8.07. The van der Waals surface area contributed by atoms with E-state index >= 15 is 0 Å². The lowest BCUT2D eigenvalue weighted by atomic mass is 10.1. The summed E-state index contributed by atoms with van der Waals surface area (Å²) in [6.07, 6.45) is -2.14. The molecule has 5 nitrogen and oxygen atoms in total. The number of furan rings is 1. The molecule has 0 amide bonds. The van der Waals surface area contributed by atoms with Crippen molar-refractivity contribution in [1.29, 1.82) is 0 Å². The third-order valence-electron chi connectivity index (χ3n) is 5.44. The van der Waals surface area contributed by atoms with Crippen molar-refractivity contribution in [1.82, 2.24) is 14.9 Å². The van der Waals surface area contributed by atoms with Crippen LogP contribution in [0.5, 0.6) is 0 Å². The molecule has 0 fully saturated rings. The van der Waals surface area contributed by atoms with Crippen LogP contribution >= 0.6 is 11.3 Å². The number of fused-ring (bicyclic) bond motifs is 1. The Balaban J connectivity index is 1.30. The van der Waals surface area contributed by atoms with Crippen molar-refractivity contribution in [2.24, 2.45) is 0 Å². The van der Waals surface area contributed by atoms with Gasteiger partial charge in [-0.3, -0.25) is 9.69 Å². The Morgan fingerprint density at radius 2 is 1.94 bits per heavy atom. The van der Waals surface area contributed by atoms with Crippen LogP contribution in [-0.4, -0.2) is 21.4 Å². The number of nitrogens with zero attached hydrogens (tertiary/aromatic N) is 2. The number of halogens is 3. The van der Waals surface area contributed by atoms with Crippen LogP contribution in [-0.2, 0) is 25.7 Å². The predicted molar refractivity (Wildman–Crippen MR) is 115 cm³/mol. The molecule has 0 unspecified atom stereocenters. The SMILES string of the molecule is O=c1[nH]c(-c2ccco2)nc2c1CN(Cc1ccc(-c3ccc(C(F)(F)F)cc3)s1)CC2. The molecule has 0 bridgehead atoms. The Hall–Kier alpha value is -3.17. The van der Waals surface area contributed by atoms with Crippen molar-refractivity contribution >= 4 is 11.3 Å². The quantitative estimate of drug-likeness (QED) is 0.450. The van der Waals surface area contributed by atoms with Crippen molar-refractivity contribution in [3.8, 4) is 22.0 Å². The van der Waals surface area contributed by atoms with Gasteiger partial charge in [-0.15, -0.1) is 11.3 Å². The monoisotopic (exact) mass is 457 g/mol. The van der Waals surface area contributed by atoms with Gasteiger partial charge in [0.15, 0.2) is 11.6 Å². The maximum Gasteiger partial charge on any atom is 0.416 e. The highest BCUT2D eigenvalue weighted by molar-refractivity contribution is 7.15. The molecule has 9 heteroatoms. The van der Waals surface area contributed by atoms with Crippen molar-refractivity contribution in [3.63, 3.8) is 0 Å². The Morgan fingerprint density at radius 1 is 1.12 bits per heavy atom. The van der Waals surface area contributed by atoms with Gasteiger partial charge >= 0.3 is 6.18 Å². The second-order valence-electron chi connectivity index (χ2n) is 7.62. The van der Waals surface area contributed by atoms with Crippen LogP contribution in [0.15, 0.2) is 64.0 Å². The summed E-state index contributed by atoms with van der Waals surface area (Å²) in [7, 11) is 0. The zero-order chi connectivity index (χ0) is 22.3. The molecule has 4 aromatic rings. The molecule has 0 aliphatic carbocycles. The Bertz CT molecular complexity index is 1290. The van der Waals surface area contributed by atoms with Gasteiger partial charge in [-0.2, -0.15) is 13.2 Å². The average Bonchev–Trinajstić information content (AvgIpc) is 3.46. The second-order valence-corrected chi connectivity index (χ2v) is 8.79. The van der Waals surface area contributed by atoms with Crippen molar-refractivity contribution in [2.45, 2.75) is 25.7 Å². The van der Waals surface area contributed by atoms with Crippen LogP contribution in [0.4, 0.5) is 13.2 Å². The summed E-state index contributed by atoms with van der Waals surface area (Å²) in [6, 6.07) is 12.6. The minimum atomic E-state index is -4.34. The van der Waals surface area contributed by atoms with Gasteiger partial charge in [0.1, 0.15) is 0 Å². The molecule has 32 heavy (non-hydrogen) atoms. The molecular formula is C23H18F3N3O2S. The lowest BCUT2D eigenvalue weighted by molar-refractivity contribution is -0.137. The first-order valence-electron chi connectivity index (χ1n) is 10.0. The zero-order valence-corrected chi connectivity index (χ0v) is 17.6. The van der Waals surface area contributed by atoms with Gasteiger partial charge in [-0.05, 0) is 42.0 Å². The first kappa shape index (κ1) is 20.7. The van der Waals surface area contributed by atoms with E-state index in [-0.39, 0.29) is 5.56 Å². The van der Waals surface area contributed by atoms with Gasteiger partial charge in [0.25, 0.3) is 5.56 Å². The predicted octanol–water partition coefficient (Wildman–Crippen LogP) is 5.34. The number of hydrogen-bond donors (Lipinski definition) is 1. The maximum atomic E-state index is 12.8. The Labute approximate surface area is 185 Å². The van der Waals surface area contributed by atoms with E-state index in [1.54, 1.807) is 23.5 Å². The smallest absolute Gasteiger partial charge is 0.416 e. The summed E-state index contributed by atoms with van der Waals surface area (Å²) in [5, 5.41) is 0. The van der Waals surface area contributed by atoms with E-state index in [1.807, 2.05) is 12.1 Å². The number of aromatic nitrogens is 2. The van der Waals surface area contributed by atoms with Gasteiger partial charge < -0.3 is 9.40 Å². The van der Waals surface area contributed by atoms with Gasteiger partial charge in [-0.25, -0.2) is 4.98 Å². The van der Waals surface area contributed by atoms with Crippen LogP contribution in [0.3, 0.4) is 0 Å². The molecule has 0 saturated heterocycles. The molecule has 0 saturated carbocycles. The molecule has 0 atom stereocenters. The fourth-order valence-corrected chi connectivity index (χ4v) is 4.86. The summed E-state index contributed by atoms with van der Waals surface area (Å²) in [6.45, 7) is 1.91. The minimum Gasteiger partial charge on any atom is -0.461 e. The molecular weight excluding hydrogens is 439 g/mol. The fourth-order valence-electron chi connectivity index (χ4n) is 3.81. The van der Waals surface area contributed by atoms with E-state index in [0.717, 1.165) is 39.7 Å². The number of hydrogen-bond acceptors (Lipinski definition) is 5. The summed E-state index contributed by atoms with van der Waals surface area (Å²) >= 11 is 1.54. The summed E-state index contributed by atoms with van der Waals surface area (Å²) in [5.41, 5.74) is 1.38. The topological polar surface area (TPSA) is 62.1 Å². The molecule has 1 aromatic carbocycles. The Morgan fingerprint density at radius 3 is 2.66 bits per heavy atom. The summed E-state index contributed by atoms with van der Waals surface area (Å²) < 4.78 is 43.7. The van der Waals surface area contributed by atoms with Gasteiger partial charge in [0.2, 0.25) is 0 Å². The van der Waals surface area contributed by atoms with E-state index < -0.39 is 11.7 Å². The molecule has 0 spiro atoms. The molecule has 3 aromatic heterocycles. The van der Waals surface area contributed by atoms with Gasteiger partial charge in [0, 0.05) is 35.8 Å². The zero-order valence-electron chi connectivity index (χ0n) is 16.8. The number of thiophene rings is 1. The molecule has 1 N–H and O–H groups in total. The highest BCUT2D eigenvalue weighted by Crippen LogP contribution is 2.33. The first-order valence-corrected chi connectivity index (χ1v) is 10.8. The van der Waals surface area contributed by atoms with Crippen LogP contribution in [0.2, 0.25) is 0 Å². The van der Waals surface area contributed by atoms with Crippen LogP contribution in [0.1, 0.15) is 21.7 Å². The number of benzene rings is 1. The molecule has 0 radical (unpaired) electrons. The standard InChI is InChI=1S/C23H18F3N3O2S/c24-23(25,26)15-5-3-14(4-6-15)20-8-7-16(32-20)12-29-10-9-18-17(13-29)22(30)28-21(27-18)19-2-1-11-31-19/h1-8,11H,9-10,12-13H2,(H,27,28,30). The number of aromatic amines is 1. The first-order chi connectivity index (χ1) is 15.4. The van der Waals surface area contributed by atoms with Crippen molar-refractivity contribution in [3.05, 3.63) is 86.8 Å². The van der Waals surface area contributed by atoms with E-state index in [4.69, 9.17) is 4.42 Å². The fraction of sp³-hybridized carbons (Fsp3) is 0.217. The number of H-pyrrole nitrogens is 1. The highest BCUT2D eigenvalue weighted by Gasteiger charge is 2.30. The lowest BCUT2D eigenvalue weighted by Gasteiger charge is -2.27. The van der Waals surface area contributed by atoms with Crippen molar-refractivity contribution in [2.75, 3.05) is 6.54 Å². The molecule has 5 rings (SSSR count). The molecule has 4 heterocycles. The summed E-state index contributed by atoms with van der Waals surface area (Å²) in [5.74, 6) is 0.966. The van der Waals surface area contributed by atoms with E-state index in [0.29, 0.717) is 36.7 Å². The molecule has 1 aliphatic rings. The third-order valence-corrected chi connectivity index (χ3v) is 6.56. The van der Waals surface area contributed by atoms with Crippen LogP contribution < -0.4 is 5.56 Å². The third kappa shape index (κ3) is 4.13. The maximum absolute atomic E-state index is 12.8. The summed E-state index contributed by atoms with van der Waals surface area (Å²) in [4.78, 5) is 24.2. The average molecular weight is 457 g/mol. The van der Waals surface area contributed by atoms with Crippen molar-refractivity contribution < 1.29 is 17.6 Å². The van der Waals surface area contributed by atoms with Gasteiger partial charge in [0.05, 0.1) is 23.1 Å². The van der Waals surface area contributed by atoms with Gasteiger partial charge in [-0.1, -0.05) is 12.1 Å². The van der Waals surface area contributed by atoms with E-state index in [1.165, 1.54) is 18.4 Å². The Kier molecular flexibility index (Phi) is 5.22. The normalized spacial score (nSPS) is 14.5. The van der Waals surface area contributed by atoms with Crippen LogP contribution in [0, 0.1) is 0 Å². The van der Waals surface area contributed by atoms with E-state index in [2.05, 4.69) is 14.9 Å². The molecule has 164 valence electrons.